The number of alkyl halides is 3. The van der Waals surface area contributed by atoms with Gasteiger partial charge in [0.15, 0.2) is 0 Å². The van der Waals surface area contributed by atoms with Crippen LogP contribution >= 0.6 is 11.3 Å². The van der Waals surface area contributed by atoms with E-state index in [2.05, 4.69) is 39.3 Å². The molecule has 5 aromatic rings. The Labute approximate surface area is 338 Å². The second kappa shape index (κ2) is 20.0. The first-order chi connectivity index (χ1) is 27.9. The molecule has 1 aliphatic heterocycles. The molecule has 3 N–H and O–H groups in total. The molecule has 0 bridgehead atoms. The monoisotopic (exact) mass is 824 g/mol. The van der Waals surface area contributed by atoms with Gasteiger partial charge >= 0.3 is 12.3 Å². The lowest BCUT2D eigenvalue weighted by atomic mass is 10.0. The highest BCUT2D eigenvalue weighted by atomic mass is 32.1. The molecule has 17 heteroatoms. The zero-order valence-corrected chi connectivity index (χ0v) is 33.2. The maximum Gasteiger partial charge on any atom is 0.416 e. The molecule has 0 radical (unpaired) electrons. The predicted octanol–water partition coefficient (Wildman–Crippen LogP) is 6.43. The van der Waals surface area contributed by atoms with Gasteiger partial charge in [-0.3, -0.25) is 14.3 Å². The fourth-order valence-corrected chi connectivity index (χ4v) is 7.28. The summed E-state index contributed by atoms with van der Waals surface area (Å²) in [7, 11) is 2.11. The molecule has 1 atom stereocenters. The lowest BCUT2D eigenvalue weighted by molar-refractivity contribution is -0.139. The quantitative estimate of drug-likeness (QED) is 0.0896. The molecule has 1 aliphatic rings. The summed E-state index contributed by atoms with van der Waals surface area (Å²) in [6, 6.07) is 20.6. The smallest absolute Gasteiger partial charge is 0.416 e. The van der Waals surface area contributed by atoms with E-state index < -0.39 is 29.8 Å². The minimum atomic E-state index is -4.72. The van der Waals surface area contributed by atoms with Gasteiger partial charge < -0.3 is 39.6 Å². The van der Waals surface area contributed by atoms with Crippen molar-refractivity contribution in [2.75, 3.05) is 72.8 Å². The van der Waals surface area contributed by atoms with Gasteiger partial charge in [0.1, 0.15) is 47.0 Å². The third-order valence-electron chi connectivity index (χ3n) is 9.43. The highest BCUT2D eigenvalue weighted by Crippen LogP contribution is 2.40. The lowest BCUT2D eigenvalue weighted by Gasteiger charge is -2.32. The number of carbonyl (C=O) groups is 2. The number of alkyl carbamates (subject to hydrolysis) is 1. The van der Waals surface area contributed by atoms with Crippen LogP contribution in [0, 0.1) is 0 Å². The molecule has 310 valence electrons. The molecule has 0 aliphatic carbocycles. The van der Waals surface area contributed by atoms with Crippen molar-refractivity contribution in [2.45, 2.75) is 32.4 Å². The van der Waals surface area contributed by atoms with Gasteiger partial charge in [-0.2, -0.15) is 13.2 Å². The second-order valence-corrected chi connectivity index (χ2v) is 14.8. The number of hydrogen-bond donors (Lipinski definition) is 2. The summed E-state index contributed by atoms with van der Waals surface area (Å²) in [5.74, 6) is -0.688. The summed E-state index contributed by atoms with van der Waals surface area (Å²) < 4.78 is 72.6. The van der Waals surface area contributed by atoms with Crippen LogP contribution in [0.4, 0.5) is 18.0 Å². The number of piperazine rings is 1. The van der Waals surface area contributed by atoms with Gasteiger partial charge in [0.25, 0.3) is 5.91 Å². The molecule has 2 aromatic heterocycles. The summed E-state index contributed by atoms with van der Waals surface area (Å²) in [4.78, 5) is 33.6. The number of carbonyl (C=O) groups excluding carboxylic acids is 2. The molecule has 1 fully saturated rings. The van der Waals surface area contributed by atoms with Crippen LogP contribution in [0.5, 0.6) is 11.5 Å². The number of primary amides is 1. The van der Waals surface area contributed by atoms with Gasteiger partial charge in [-0.05, 0) is 49.4 Å². The number of likely N-dealkylation sites (N-methyl/N-ethyl adjacent to an activating group) is 1. The van der Waals surface area contributed by atoms with E-state index in [-0.39, 0.29) is 68.1 Å². The van der Waals surface area contributed by atoms with Gasteiger partial charge in [0.05, 0.1) is 43.0 Å². The van der Waals surface area contributed by atoms with Crippen LogP contribution in [0.3, 0.4) is 0 Å². The molecule has 13 nitrogen and oxygen atoms in total. The Bertz CT molecular complexity index is 2120. The van der Waals surface area contributed by atoms with Crippen LogP contribution in [0.1, 0.15) is 45.0 Å². The molecule has 6 rings (SSSR count). The van der Waals surface area contributed by atoms with Crippen LogP contribution in [0.25, 0.3) is 16.0 Å². The van der Waals surface area contributed by atoms with E-state index in [1.165, 1.54) is 19.1 Å². The molecular weight excluding hydrogens is 778 g/mol. The van der Waals surface area contributed by atoms with E-state index in [1.54, 1.807) is 12.4 Å². The van der Waals surface area contributed by atoms with Crippen LogP contribution in [0.15, 0.2) is 79.1 Å². The van der Waals surface area contributed by atoms with Crippen molar-refractivity contribution in [3.05, 3.63) is 106 Å². The number of hydrogen-bond acceptors (Lipinski definition) is 11. The first-order valence-corrected chi connectivity index (χ1v) is 19.7. The summed E-state index contributed by atoms with van der Waals surface area (Å²) >= 11 is 1.08. The predicted molar refractivity (Wildman–Crippen MR) is 212 cm³/mol. The van der Waals surface area contributed by atoms with Crippen LogP contribution in [-0.4, -0.2) is 104 Å². The average molecular weight is 825 g/mol. The number of nitrogens with zero attached hydrogens (tertiary/aromatic N) is 4. The van der Waals surface area contributed by atoms with Gasteiger partial charge in [-0.15, -0.1) is 11.3 Å². The molecule has 1 saturated heterocycles. The fraction of sp³-hybridized carbons (Fsp3) is 0.390. The van der Waals surface area contributed by atoms with Crippen molar-refractivity contribution in [2.24, 2.45) is 5.73 Å². The Morgan fingerprint density at radius 2 is 1.66 bits per heavy atom. The number of thiophene rings is 1. The highest BCUT2D eigenvalue weighted by Gasteiger charge is 2.36. The summed E-state index contributed by atoms with van der Waals surface area (Å²) in [5, 5.41) is 3.17. The maximum absolute atomic E-state index is 14.4. The lowest BCUT2D eigenvalue weighted by Crippen LogP contribution is -2.43. The van der Waals surface area contributed by atoms with Gasteiger partial charge in [-0.1, -0.05) is 42.5 Å². The summed E-state index contributed by atoms with van der Waals surface area (Å²) in [6.07, 6.45) is -4.75. The normalized spacial score (nSPS) is 14.4. The molecule has 58 heavy (non-hydrogen) atoms. The van der Waals surface area contributed by atoms with Crippen molar-refractivity contribution < 1.29 is 46.4 Å². The Balaban J connectivity index is 0.995. The standard InChI is InChI=1S/C41H47F3N6O7S/c1-28(57-36-24-37(58-38(36)39(45)51)50-27-47-34-11-8-30(22-35(34)50)25-49-15-13-48(2)14-16-49)32-10-9-31(23-33(32)41(42,43)44)55-21-20-54-19-18-53-17-12-46-40(52)56-26-29-6-4-3-5-7-29/h3-11,22-24,27-28H,12-21,25-26H2,1-2H3,(H2,45,51)(H,46,52). The number of amides is 2. The number of imidazole rings is 1. The van der Waals surface area contributed by atoms with Crippen molar-refractivity contribution in [3.63, 3.8) is 0 Å². The van der Waals surface area contributed by atoms with Crippen molar-refractivity contribution in [1.29, 1.82) is 0 Å². The first-order valence-electron chi connectivity index (χ1n) is 18.9. The SMILES string of the molecule is CC(Oc1cc(-n2cnc3ccc(CN4CCN(C)CC4)cc32)sc1C(N)=O)c1ccc(OCCOCCOCCNC(=O)OCc2ccccc2)cc1C(F)(F)F. The molecule has 0 spiro atoms. The number of benzene rings is 3. The number of nitrogens with two attached hydrogens (primary N) is 1. The maximum atomic E-state index is 14.4. The average Bonchev–Trinajstić information content (AvgIpc) is 3.82. The number of nitrogens with one attached hydrogen (secondary N) is 1. The van der Waals surface area contributed by atoms with Crippen LogP contribution < -0.4 is 20.5 Å². The minimum Gasteiger partial charge on any atom is -0.491 e. The van der Waals surface area contributed by atoms with E-state index in [1.807, 2.05) is 41.0 Å². The second-order valence-electron chi connectivity index (χ2n) is 13.7. The topological polar surface area (TPSA) is 143 Å². The minimum absolute atomic E-state index is 0.00254. The number of halogens is 3. The van der Waals surface area contributed by atoms with Gasteiger partial charge in [0, 0.05) is 50.9 Å². The van der Waals surface area contributed by atoms with Gasteiger partial charge in [-0.25, -0.2) is 9.78 Å². The Morgan fingerprint density at radius 1 is 0.914 bits per heavy atom. The molecule has 1 unspecified atom stereocenters. The van der Waals surface area contributed by atoms with E-state index in [0.717, 1.165) is 72.3 Å². The number of fused-ring (bicyclic) bond motifs is 1. The Kier molecular flexibility index (Phi) is 14.6. The number of rotatable bonds is 19. The summed E-state index contributed by atoms with van der Waals surface area (Å²) in [6.45, 7) is 7.43. The van der Waals surface area contributed by atoms with Crippen LogP contribution in [-0.2, 0) is 33.5 Å². The first kappa shape index (κ1) is 42.4. The molecule has 2 amide bonds. The summed E-state index contributed by atoms with van der Waals surface area (Å²) in [5.41, 5.74) is 8.22. The Hall–Kier alpha value is -5.20. The zero-order valence-electron chi connectivity index (χ0n) is 32.3. The van der Waals surface area contributed by atoms with Crippen molar-refractivity contribution in [3.8, 4) is 16.5 Å². The van der Waals surface area contributed by atoms with E-state index in [4.69, 9.17) is 29.4 Å². The molecular formula is C41H47F3N6O7S. The van der Waals surface area contributed by atoms with Crippen molar-refractivity contribution >= 4 is 34.4 Å². The molecule has 3 aromatic carbocycles. The van der Waals surface area contributed by atoms with E-state index >= 15 is 0 Å². The largest absolute Gasteiger partial charge is 0.491 e. The number of aromatic nitrogens is 2. The number of ether oxygens (including phenoxy) is 5. The third-order valence-corrected chi connectivity index (χ3v) is 10.6. The Morgan fingerprint density at radius 3 is 2.40 bits per heavy atom. The van der Waals surface area contributed by atoms with E-state index in [9.17, 15) is 22.8 Å². The zero-order chi connectivity index (χ0) is 41.1. The van der Waals surface area contributed by atoms with E-state index in [0.29, 0.717) is 5.00 Å². The van der Waals surface area contributed by atoms with Crippen molar-refractivity contribution in [1.82, 2.24) is 24.7 Å². The molecule has 3 heterocycles. The molecule has 0 saturated carbocycles. The third kappa shape index (κ3) is 11.7. The van der Waals surface area contributed by atoms with Gasteiger partial charge in [0.2, 0.25) is 0 Å². The van der Waals surface area contributed by atoms with Crippen LogP contribution in [0.2, 0.25) is 0 Å². The fourth-order valence-electron chi connectivity index (χ4n) is 6.35. The highest BCUT2D eigenvalue weighted by molar-refractivity contribution is 7.16.